The molecule has 2 aromatic rings. The molecular formula is C12H20FN6O11P3. The summed E-state index contributed by atoms with van der Waals surface area (Å²) >= 11 is 0. The van der Waals surface area contributed by atoms with Gasteiger partial charge >= 0.3 is 23.5 Å². The Hall–Kier alpha value is -1.55. The molecule has 2 heterocycles. The lowest BCUT2D eigenvalue weighted by atomic mass is 9.95. The second kappa shape index (κ2) is 8.91. The summed E-state index contributed by atoms with van der Waals surface area (Å²) in [4.78, 5) is 47.6. The monoisotopic (exact) mass is 536 g/mol. The number of phosphoric ester groups is 1. The maximum atomic E-state index is 15.0. The zero-order chi connectivity index (χ0) is 24.9. The Morgan fingerprint density at radius 1 is 1.12 bits per heavy atom. The van der Waals surface area contributed by atoms with Crippen LogP contribution in [-0.2, 0) is 26.8 Å². The molecule has 2 aromatic heterocycles. The molecule has 7 atom stereocenters. The largest absolute Gasteiger partial charge is 0.490 e. The smallest absolute Gasteiger partial charge is 0.390 e. The van der Waals surface area contributed by atoms with Gasteiger partial charge in [-0.15, -0.1) is 0 Å². The standard InChI is InChI=1S/C12H20FN6O11P3/c1-4-5(2-28-32(24,25)30-33(26,27)29-31(21,22)23)9(20)6(13)8(4)19-3-16-7-10(14)17-12(15)18-11(7)19/h3-6,8-9,20H,2H2,1H3,(H,24,25)(H,26,27)(H2,21,22,23)(H4,14,15,17,18)/t4-,5-,6+,8+,9+/m0/s1. The first-order valence-corrected chi connectivity index (χ1v) is 13.4. The molecule has 2 unspecified atom stereocenters. The number of aliphatic hydroxyl groups is 1. The van der Waals surface area contributed by atoms with Gasteiger partial charge in [0, 0.05) is 5.92 Å². The summed E-state index contributed by atoms with van der Waals surface area (Å²) in [5.41, 5.74) is 11.5. The highest BCUT2D eigenvalue weighted by Crippen LogP contribution is 2.66. The summed E-state index contributed by atoms with van der Waals surface area (Å²) in [6.07, 6.45) is -2.46. The first-order valence-electron chi connectivity index (χ1n) is 8.87. The Kier molecular flexibility index (Phi) is 7.03. The number of anilines is 2. The van der Waals surface area contributed by atoms with E-state index in [2.05, 4.69) is 28.1 Å². The van der Waals surface area contributed by atoms with Gasteiger partial charge in [0.05, 0.1) is 25.1 Å². The summed E-state index contributed by atoms with van der Waals surface area (Å²) < 4.78 is 62.1. The third kappa shape index (κ3) is 5.75. The van der Waals surface area contributed by atoms with Gasteiger partial charge in [0.1, 0.15) is 11.7 Å². The van der Waals surface area contributed by atoms with Gasteiger partial charge in [-0.1, -0.05) is 6.92 Å². The third-order valence-electron chi connectivity index (χ3n) is 4.94. The molecule has 1 aliphatic carbocycles. The van der Waals surface area contributed by atoms with E-state index in [1.165, 1.54) is 17.8 Å². The van der Waals surface area contributed by atoms with E-state index in [0.29, 0.717) is 0 Å². The number of alkyl halides is 1. The van der Waals surface area contributed by atoms with Crippen molar-refractivity contribution in [1.29, 1.82) is 0 Å². The highest BCUT2D eigenvalue weighted by Gasteiger charge is 2.51. The molecule has 0 aromatic carbocycles. The van der Waals surface area contributed by atoms with Gasteiger partial charge in [0.2, 0.25) is 5.95 Å². The fourth-order valence-corrected chi connectivity index (χ4v) is 6.66. The number of nitrogen functional groups attached to an aromatic ring is 2. The average molecular weight is 536 g/mol. The normalized spacial score (nSPS) is 29.7. The van der Waals surface area contributed by atoms with E-state index in [-0.39, 0.29) is 22.9 Å². The summed E-state index contributed by atoms with van der Waals surface area (Å²) in [6, 6.07) is -1.10. The molecule has 17 nitrogen and oxygen atoms in total. The number of nitrogens with zero attached hydrogens (tertiary/aromatic N) is 4. The number of halogens is 1. The van der Waals surface area contributed by atoms with E-state index in [0.717, 1.165) is 0 Å². The van der Waals surface area contributed by atoms with Crippen molar-refractivity contribution in [2.24, 2.45) is 11.8 Å². The topological polar surface area (TPSA) is 276 Å². The van der Waals surface area contributed by atoms with Crippen LogP contribution in [-0.4, -0.2) is 63.1 Å². The van der Waals surface area contributed by atoms with Crippen LogP contribution >= 0.6 is 23.5 Å². The molecule has 33 heavy (non-hydrogen) atoms. The minimum Gasteiger partial charge on any atom is -0.390 e. The van der Waals surface area contributed by atoms with Crippen molar-refractivity contribution in [2.75, 3.05) is 18.1 Å². The fourth-order valence-electron chi connectivity index (χ4n) is 3.61. The van der Waals surface area contributed by atoms with Crippen molar-refractivity contribution in [1.82, 2.24) is 19.5 Å². The second-order valence-corrected chi connectivity index (χ2v) is 11.5. The van der Waals surface area contributed by atoms with Gasteiger partial charge in [-0.2, -0.15) is 18.6 Å². The minimum atomic E-state index is -5.72. The summed E-state index contributed by atoms with van der Waals surface area (Å²) in [5, 5.41) is 10.3. The molecule has 3 rings (SSSR count). The predicted molar refractivity (Wildman–Crippen MR) is 107 cm³/mol. The van der Waals surface area contributed by atoms with Crippen molar-refractivity contribution in [3.63, 3.8) is 0 Å². The maximum absolute atomic E-state index is 15.0. The predicted octanol–water partition coefficient (Wildman–Crippen LogP) is -0.160. The SMILES string of the molecule is C[C@H]1[C@H](COP(=O)(O)OP(=O)(O)OP(=O)(O)O)[C@@H](O)[C@H](F)[C@@H]1n1cnc2c(N)nc(N)nc21. The Morgan fingerprint density at radius 3 is 2.36 bits per heavy atom. The number of aliphatic hydroxyl groups excluding tert-OH is 1. The van der Waals surface area contributed by atoms with E-state index in [9.17, 15) is 28.6 Å². The Morgan fingerprint density at radius 2 is 1.76 bits per heavy atom. The number of rotatable bonds is 8. The van der Waals surface area contributed by atoms with E-state index in [4.69, 9.17) is 21.3 Å². The lowest BCUT2D eigenvalue weighted by molar-refractivity contribution is 0.0346. The molecule has 0 saturated heterocycles. The lowest BCUT2D eigenvalue weighted by Crippen LogP contribution is -2.27. The molecular weight excluding hydrogens is 516 g/mol. The second-order valence-electron chi connectivity index (χ2n) is 7.13. The number of fused-ring (bicyclic) bond motifs is 1. The van der Waals surface area contributed by atoms with Gasteiger partial charge < -0.3 is 40.7 Å². The van der Waals surface area contributed by atoms with Crippen LogP contribution in [0.15, 0.2) is 6.33 Å². The first kappa shape index (κ1) is 26.1. The van der Waals surface area contributed by atoms with E-state index < -0.39 is 60.2 Å². The van der Waals surface area contributed by atoms with Crippen LogP contribution < -0.4 is 11.5 Å². The molecule has 186 valence electrons. The van der Waals surface area contributed by atoms with Crippen molar-refractivity contribution >= 4 is 46.4 Å². The third-order valence-corrected chi connectivity index (χ3v) is 8.74. The van der Waals surface area contributed by atoms with E-state index in [1.54, 1.807) is 0 Å². The van der Waals surface area contributed by atoms with Crippen LogP contribution in [0.1, 0.15) is 13.0 Å². The van der Waals surface area contributed by atoms with Crippen LogP contribution in [0.2, 0.25) is 0 Å². The molecule has 0 amide bonds. The average Bonchev–Trinajstić information content (AvgIpc) is 3.10. The van der Waals surface area contributed by atoms with Crippen LogP contribution in [0.4, 0.5) is 16.2 Å². The fraction of sp³-hybridized carbons (Fsp3) is 0.583. The molecule has 21 heteroatoms. The Balaban J connectivity index is 1.78. The Labute approximate surface area is 184 Å². The summed E-state index contributed by atoms with van der Waals surface area (Å²) in [7, 11) is -16.7. The van der Waals surface area contributed by atoms with Gasteiger partial charge in [-0.25, -0.2) is 23.1 Å². The quantitative estimate of drug-likeness (QED) is 0.216. The number of hydrogen-bond donors (Lipinski definition) is 7. The number of aromatic nitrogens is 4. The van der Waals surface area contributed by atoms with Crippen molar-refractivity contribution in [3.8, 4) is 0 Å². The maximum Gasteiger partial charge on any atom is 0.490 e. The molecule has 9 N–H and O–H groups in total. The lowest BCUT2D eigenvalue weighted by Gasteiger charge is -2.23. The van der Waals surface area contributed by atoms with Gasteiger partial charge in [-0.3, -0.25) is 4.52 Å². The highest BCUT2D eigenvalue weighted by atomic mass is 31.3. The molecule has 1 fully saturated rings. The number of imidazole rings is 1. The number of nitrogens with two attached hydrogens (primary N) is 2. The van der Waals surface area contributed by atoms with Crippen molar-refractivity contribution in [2.45, 2.75) is 25.2 Å². The van der Waals surface area contributed by atoms with Crippen LogP contribution in [0.25, 0.3) is 11.2 Å². The zero-order valence-corrected chi connectivity index (χ0v) is 19.2. The first-order chi connectivity index (χ1) is 15.0. The van der Waals surface area contributed by atoms with Crippen LogP contribution in [0, 0.1) is 11.8 Å². The number of hydrogen-bond acceptors (Lipinski definition) is 12. The number of phosphoric acid groups is 3. The Bertz CT molecular complexity index is 1190. The summed E-state index contributed by atoms with van der Waals surface area (Å²) in [5.74, 6) is -2.20. The summed E-state index contributed by atoms with van der Waals surface area (Å²) in [6.45, 7) is 0.632. The van der Waals surface area contributed by atoms with E-state index >= 15 is 4.39 Å². The molecule has 0 aliphatic heterocycles. The van der Waals surface area contributed by atoms with Gasteiger partial charge in [0.25, 0.3) is 0 Å². The van der Waals surface area contributed by atoms with Crippen molar-refractivity contribution < 1.29 is 55.9 Å². The minimum absolute atomic E-state index is 0.0536. The van der Waals surface area contributed by atoms with Crippen LogP contribution in [0.5, 0.6) is 0 Å². The van der Waals surface area contributed by atoms with Gasteiger partial charge in [0.15, 0.2) is 11.5 Å². The molecule has 0 spiro atoms. The molecule has 0 bridgehead atoms. The molecule has 1 saturated carbocycles. The molecule has 0 radical (unpaired) electrons. The van der Waals surface area contributed by atoms with Gasteiger partial charge in [-0.05, 0) is 5.92 Å². The van der Waals surface area contributed by atoms with Crippen molar-refractivity contribution in [3.05, 3.63) is 6.33 Å². The van der Waals surface area contributed by atoms with Crippen LogP contribution in [0.3, 0.4) is 0 Å². The highest BCUT2D eigenvalue weighted by molar-refractivity contribution is 7.66. The zero-order valence-electron chi connectivity index (χ0n) is 16.5. The molecule has 1 aliphatic rings. The van der Waals surface area contributed by atoms with E-state index in [1.807, 2.05) is 0 Å².